The number of hydrogen-bond acceptors (Lipinski definition) is 2. The Morgan fingerprint density at radius 3 is 0.483 bits per heavy atom. The first-order valence-corrected chi connectivity index (χ1v) is 19.3. The highest BCUT2D eigenvalue weighted by Gasteiger charge is 2.84. The number of rotatable bonds is 2. The maximum atomic E-state index is 13.2. The number of hydrogen-bond donors (Lipinski definition) is 2. The molecule has 0 unspecified atom stereocenters. The first-order chi connectivity index (χ1) is 12.0. The molecule has 0 heterocycles. The molecule has 5 heteroatoms. The van der Waals surface area contributed by atoms with Crippen LogP contribution in [0.5, 0.6) is 0 Å². The van der Waals surface area contributed by atoms with Gasteiger partial charge in [0.1, 0.15) is 15.2 Å². The Hall–Kier alpha value is 0.571. The molecule has 0 saturated carbocycles. The van der Waals surface area contributed by atoms with Gasteiger partial charge in [0, 0.05) is 0 Å². The van der Waals surface area contributed by atoms with Crippen LogP contribution in [0.25, 0.3) is 0 Å². The summed E-state index contributed by atoms with van der Waals surface area (Å²) in [7, 11) is -9.36. The minimum atomic E-state index is -3.80. The highest BCUT2D eigenvalue weighted by molar-refractivity contribution is 7.67. The maximum Gasteiger partial charge on any atom is 0.294 e. The first kappa shape index (κ1) is 29.6. The summed E-state index contributed by atoms with van der Waals surface area (Å²) in [5.74, 6) is 0. The Labute approximate surface area is 187 Å². The molecule has 0 spiro atoms. The van der Waals surface area contributed by atoms with Crippen molar-refractivity contribution in [2.24, 2.45) is 0 Å². The van der Waals surface area contributed by atoms with Gasteiger partial charge in [0.05, 0.1) is 0 Å². The minimum Gasteiger partial charge on any atom is -0.415 e. The van der Waals surface area contributed by atoms with Crippen LogP contribution in [0, 0.1) is 0 Å². The fraction of sp³-hybridized carbons (Fsp3) is 1.00. The molecular weight excluding hydrogens is 405 g/mol. The van der Waals surface area contributed by atoms with Crippen molar-refractivity contribution in [1.82, 2.24) is 0 Å². The minimum absolute atomic E-state index is 0.140. The molecule has 0 aliphatic rings. The zero-order valence-electron chi connectivity index (χ0n) is 23.4. The van der Waals surface area contributed by atoms with Crippen LogP contribution in [0.4, 0.5) is 0 Å². The molecule has 2 N–H and O–H groups in total. The summed E-state index contributed by atoms with van der Waals surface area (Å²) in [5, 5.41) is -0.838. The fourth-order valence-electron chi connectivity index (χ4n) is 10.2. The van der Waals surface area contributed by atoms with E-state index in [0.29, 0.717) is 0 Å². The molecule has 29 heavy (non-hydrogen) atoms. The van der Waals surface area contributed by atoms with E-state index < -0.39 is 22.8 Å². The molecule has 0 saturated heterocycles. The lowest BCUT2D eigenvalue weighted by Gasteiger charge is -2.72. The topological polar surface area (TPSA) is 40.5 Å². The van der Waals surface area contributed by atoms with Crippen molar-refractivity contribution in [2.45, 2.75) is 155 Å². The van der Waals surface area contributed by atoms with Gasteiger partial charge in [-0.2, -0.15) is 0 Å². The Morgan fingerprint density at radius 1 is 0.310 bits per heavy atom. The fourth-order valence-corrected chi connectivity index (χ4v) is 76.3. The molecule has 0 atom stereocenters. The smallest absolute Gasteiger partial charge is 0.294 e. The molecule has 0 aliphatic heterocycles. The zero-order chi connectivity index (χ0) is 24.5. The highest BCUT2D eigenvalue weighted by atomic mass is 29.7. The third-order valence-electron chi connectivity index (χ3n) is 7.80. The Kier molecular flexibility index (Phi) is 7.44. The molecule has 0 aromatic rings. The van der Waals surface area contributed by atoms with Crippen LogP contribution in [0.15, 0.2) is 0 Å². The second kappa shape index (κ2) is 7.29. The molecule has 0 aliphatic carbocycles. The van der Waals surface area contributed by atoms with Crippen LogP contribution < -0.4 is 0 Å². The third kappa shape index (κ3) is 3.83. The van der Waals surface area contributed by atoms with Crippen molar-refractivity contribution in [3.8, 4) is 0 Å². The van der Waals surface area contributed by atoms with Crippen molar-refractivity contribution >= 4 is 22.8 Å². The van der Waals surface area contributed by atoms with Crippen LogP contribution in [-0.4, -0.2) is 32.4 Å². The summed E-state index contributed by atoms with van der Waals surface area (Å²) in [6, 6.07) is 0. The summed E-state index contributed by atoms with van der Waals surface area (Å²) in [6.45, 7) is 41.4. The van der Waals surface area contributed by atoms with Gasteiger partial charge in [-0.25, -0.2) is 0 Å². The molecular formula is C24H56O2Si3. The van der Waals surface area contributed by atoms with Crippen molar-refractivity contribution in [1.29, 1.82) is 0 Å². The Bertz CT molecular complexity index is 456. The molecule has 0 rings (SSSR count). The van der Waals surface area contributed by atoms with Crippen molar-refractivity contribution in [3.05, 3.63) is 0 Å². The molecule has 2 nitrogen and oxygen atoms in total. The predicted molar refractivity (Wildman–Crippen MR) is 140 cm³/mol. The van der Waals surface area contributed by atoms with Gasteiger partial charge in [-0.3, -0.25) is 0 Å². The van der Waals surface area contributed by atoms with E-state index in [1.807, 2.05) is 0 Å². The van der Waals surface area contributed by atoms with E-state index in [-0.39, 0.29) is 30.2 Å². The largest absolute Gasteiger partial charge is 0.415 e. The summed E-state index contributed by atoms with van der Waals surface area (Å²) in [4.78, 5) is 26.3. The van der Waals surface area contributed by atoms with Crippen molar-refractivity contribution in [3.63, 3.8) is 0 Å². The quantitative estimate of drug-likeness (QED) is 0.407. The lowest BCUT2D eigenvalue weighted by Crippen LogP contribution is -2.91. The second-order valence-electron chi connectivity index (χ2n) is 15.7. The summed E-state index contributed by atoms with van der Waals surface area (Å²) in [5.41, 5.74) is 0. The van der Waals surface area contributed by atoms with Gasteiger partial charge in [-0.1, -0.05) is 125 Å². The molecule has 0 bridgehead atoms. The SMILES string of the molecule is CC(C)(C)[Si](C(C)(C)C)(C(C)(C)C)[Si](O)(O)[Si](C(C)(C)C)(C(C)(C)C)C(C)(C)C. The lowest BCUT2D eigenvalue weighted by atomic mass is 10.2. The second-order valence-corrected chi connectivity index (χ2v) is 39.2. The van der Waals surface area contributed by atoms with Gasteiger partial charge in [-0.05, 0) is 30.2 Å². The monoisotopic (exact) mass is 460 g/mol. The van der Waals surface area contributed by atoms with E-state index in [0.717, 1.165) is 0 Å². The van der Waals surface area contributed by atoms with E-state index in [2.05, 4.69) is 125 Å². The van der Waals surface area contributed by atoms with Crippen molar-refractivity contribution in [2.75, 3.05) is 0 Å². The van der Waals surface area contributed by atoms with Gasteiger partial charge in [0.25, 0.3) is 7.60 Å². The highest BCUT2D eigenvalue weighted by Crippen LogP contribution is 2.73. The summed E-state index contributed by atoms with van der Waals surface area (Å²) >= 11 is 0. The third-order valence-corrected chi connectivity index (χ3v) is 49.9. The van der Waals surface area contributed by atoms with Gasteiger partial charge in [-0.15, -0.1) is 0 Å². The van der Waals surface area contributed by atoms with E-state index >= 15 is 0 Å². The lowest BCUT2D eigenvalue weighted by molar-refractivity contribution is 0.375. The normalized spacial score (nSPS) is 17.0. The first-order valence-electron chi connectivity index (χ1n) is 11.4. The Balaban J connectivity index is 8.22. The summed E-state index contributed by atoms with van der Waals surface area (Å²) in [6.07, 6.45) is 0. The zero-order valence-corrected chi connectivity index (χ0v) is 26.4. The average molecular weight is 461 g/mol. The van der Waals surface area contributed by atoms with Crippen molar-refractivity contribution < 1.29 is 9.59 Å². The standard InChI is InChI=1S/C24H56O2Si3/c1-19(2,3)27(20(4,5)6,21(7,8)9)29(25,26)28(22(10,11)12,23(13,14)15)24(16,17)18/h25-26H,1-18H3. The van der Waals surface area contributed by atoms with Gasteiger partial charge in [0.2, 0.25) is 0 Å². The van der Waals surface area contributed by atoms with Crippen LogP contribution in [0.1, 0.15) is 125 Å². The molecule has 176 valence electrons. The molecule has 0 aromatic heterocycles. The Morgan fingerprint density at radius 2 is 0.414 bits per heavy atom. The van der Waals surface area contributed by atoms with E-state index in [1.165, 1.54) is 0 Å². The predicted octanol–water partition coefficient (Wildman–Crippen LogP) is 8.27. The van der Waals surface area contributed by atoms with Crippen LogP contribution in [-0.2, 0) is 0 Å². The average Bonchev–Trinajstić information content (AvgIpc) is 2.12. The van der Waals surface area contributed by atoms with Crippen LogP contribution in [0.3, 0.4) is 0 Å². The van der Waals surface area contributed by atoms with E-state index in [1.54, 1.807) is 0 Å². The van der Waals surface area contributed by atoms with Crippen LogP contribution in [0.2, 0.25) is 30.2 Å². The molecule has 0 amide bonds. The molecule has 0 fully saturated rings. The van der Waals surface area contributed by atoms with Gasteiger partial charge < -0.3 is 9.59 Å². The molecule has 0 radical (unpaired) electrons. The summed E-state index contributed by atoms with van der Waals surface area (Å²) < 4.78 is 0. The van der Waals surface area contributed by atoms with Gasteiger partial charge in [0.15, 0.2) is 0 Å². The van der Waals surface area contributed by atoms with E-state index in [4.69, 9.17) is 0 Å². The molecule has 0 aromatic carbocycles. The maximum absolute atomic E-state index is 13.2. The van der Waals surface area contributed by atoms with Crippen LogP contribution >= 0.6 is 0 Å². The van der Waals surface area contributed by atoms with Gasteiger partial charge >= 0.3 is 0 Å². The van der Waals surface area contributed by atoms with E-state index in [9.17, 15) is 9.59 Å².